The maximum Gasteiger partial charge on any atom is 0.240 e. The first-order valence-electron chi connectivity index (χ1n) is 8.12. The molecule has 3 rings (SSSR count). The third kappa shape index (κ3) is 3.93. The van der Waals surface area contributed by atoms with Crippen LogP contribution in [0.2, 0.25) is 0 Å². The summed E-state index contributed by atoms with van der Waals surface area (Å²) in [5, 5.41) is 13.2. The molecule has 0 saturated heterocycles. The zero-order valence-electron chi connectivity index (χ0n) is 14.1. The lowest BCUT2D eigenvalue weighted by atomic mass is 10.0. The van der Waals surface area contributed by atoms with Crippen LogP contribution in [-0.4, -0.2) is 20.1 Å². The first kappa shape index (κ1) is 18.1. The highest BCUT2D eigenvalue weighted by Crippen LogP contribution is 2.30. The molecule has 0 fully saturated rings. The van der Waals surface area contributed by atoms with E-state index in [1.807, 2.05) is 41.8 Å². The van der Waals surface area contributed by atoms with Crippen molar-refractivity contribution in [3.05, 3.63) is 65.0 Å². The maximum atomic E-state index is 12.4. The van der Waals surface area contributed by atoms with Crippen LogP contribution < -0.4 is 4.72 Å². The Morgan fingerprint density at radius 1 is 1.08 bits per heavy atom. The van der Waals surface area contributed by atoms with Crippen molar-refractivity contribution < 1.29 is 13.5 Å². The molecule has 2 N–H and O–H groups in total. The van der Waals surface area contributed by atoms with Crippen LogP contribution in [-0.2, 0) is 10.0 Å². The van der Waals surface area contributed by atoms with E-state index in [1.54, 1.807) is 12.1 Å². The number of fused-ring (bicyclic) bond motifs is 1. The van der Waals surface area contributed by atoms with Crippen LogP contribution in [0.15, 0.2) is 58.8 Å². The van der Waals surface area contributed by atoms with E-state index >= 15 is 0 Å². The van der Waals surface area contributed by atoms with E-state index in [2.05, 4.69) is 18.6 Å². The van der Waals surface area contributed by atoms with Crippen LogP contribution in [0.1, 0.15) is 37.0 Å². The molecule has 1 aromatic heterocycles. The van der Waals surface area contributed by atoms with Crippen LogP contribution in [0.4, 0.5) is 0 Å². The van der Waals surface area contributed by atoms with Crippen LogP contribution in [0.25, 0.3) is 10.1 Å². The zero-order chi connectivity index (χ0) is 18.0. The van der Waals surface area contributed by atoms with E-state index in [1.165, 1.54) is 11.3 Å². The van der Waals surface area contributed by atoms with Crippen molar-refractivity contribution >= 4 is 31.4 Å². The molecule has 1 unspecified atom stereocenters. The molecule has 0 bridgehead atoms. The van der Waals surface area contributed by atoms with Crippen molar-refractivity contribution in [3.63, 3.8) is 0 Å². The van der Waals surface area contributed by atoms with Gasteiger partial charge in [-0.3, -0.25) is 0 Å². The summed E-state index contributed by atoms with van der Waals surface area (Å²) in [5.41, 5.74) is 1.84. The quantitative estimate of drug-likeness (QED) is 0.683. The molecule has 2 aromatic carbocycles. The number of hydrogen-bond acceptors (Lipinski definition) is 4. The Kier molecular flexibility index (Phi) is 5.24. The van der Waals surface area contributed by atoms with Crippen molar-refractivity contribution in [1.29, 1.82) is 0 Å². The van der Waals surface area contributed by atoms with Gasteiger partial charge in [-0.2, -0.15) is 0 Å². The monoisotopic (exact) mass is 375 g/mol. The lowest BCUT2D eigenvalue weighted by Gasteiger charge is -2.13. The molecule has 0 aliphatic heterocycles. The molecule has 0 radical (unpaired) electrons. The van der Waals surface area contributed by atoms with E-state index in [0.29, 0.717) is 5.92 Å². The minimum atomic E-state index is -3.65. The van der Waals surface area contributed by atoms with Gasteiger partial charge in [0.2, 0.25) is 10.0 Å². The number of rotatable bonds is 6. The minimum absolute atomic E-state index is 0.0605. The van der Waals surface area contributed by atoms with Crippen molar-refractivity contribution in [3.8, 4) is 0 Å². The second-order valence-electron chi connectivity index (χ2n) is 6.28. The third-order valence-electron chi connectivity index (χ3n) is 4.19. The topological polar surface area (TPSA) is 66.4 Å². The molecule has 4 nitrogen and oxygen atoms in total. The SMILES string of the molecule is CC(C)c1ccc(S(=O)(=O)NCC(O)c2csc3ccccc23)cc1. The number of benzene rings is 2. The summed E-state index contributed by atoms with van der Waals surface area (Å²) < 4.78 is 28.4. The van der Waals surface area contributed by atoms with Crippen molar-refractivity contribution in [2.24, 2.45) is 0 Å². The Bertz CT molecular complexity index is 960. The van der Waals surface area contributed by atoms with Gasteiger partial charge in [0.25, 0.3) is 0 Å². The molecule has 0 amide bonds. The standard InChI is InChI=1S/C19H21NO3S2/c1-13(2)14-7-9-15(10-8-14)25(22,23)20-11-18(21)17-12-24-19-6-4-3-5-16(17)19/h3-10,12-13,18,20-21H,11H2,1-2H3. The highest BCUT2D eigenvalue weighted by Gasteiger charge is 2.18. The number of nitrogens with one attached hydrogen (secondary N) is 1. The van der Waals surface area contributed by atoms with E-state index in [4.69, 9.17) is 0 Å². The van der Waals surface area contributed by atoms with Crippen molar-refractivity contribution in [2.45, 2.75) is 30.8 Å². The first-order valence-corrected chi connectivity index (χ1v) is 10.5. The second-order valence-corrected chi connectivity index (χ2v) is 8.96. The summed E-state index contributed by atoms with van der Waals surface area (Å²) >= 11 is 1.54. The summed E-state index contributed by atoms with van der Waals surface area (Å²) in [6.07, 6.45) is -0.888. The van der Waals surface area contributed by atoms with Gasteiger partial charge in [-0.15, -0.1) is 11.3 Å². The second kappa shape index (κ2) is 7.25. The predicted octanol–water partition coefficient (Wildman–Crippen LogP) is 4.04. The summed E-state index contributed by atoms with van der Waals surface area (Å²) in [7, 11) is -3.65. The summed E-state index contributed by atoms with van der Waals surface area (Å²) in [6, 6.07) is 14.6. The number of thiophene rings is 1. The first-order chi connectivity index (χ1) is 11.9. The molecule has 3 aromatic rings. The lowest BCUT2D eigenvalue weighted by molar-refractivity contribution is 0.184. The van der Waals surface area contributed by atoms with E-state index in [9.17, 15) is 13.5 Å². The van der Waals surface area contributed by atoms with E-state index in [0.717, 1.165) is 21.2 Å². The average Bonchev–Trinajstić information content (AvgIpc) is 3.04. The van der Waals surface area contributed by atoms with Gasteiger partial charge in [-0.25, -0.2) is 13.1 Å². The van der Waals surface area contributed by atoms with Crippen molar-refractivity contribution in [2.75, 3.05) is 6.54 Å². The summed E-state index contributed by atoms with van der Waals surface area (Å²) in [5.74, 6) is 0.346. The van der Waals surface area contributed by atoms with E-state index in [-0.39, 0.29) is 11.4 Å². The van der Waals surface area contributed by atoms with Crippen molar-refractivity contribution in [1.82, 2.24) is 4.72 Å². The van der Waals surface area contributed by atoms with Gasteiger partial charge in [0.05, 0.1) is 11.0 Å². The van der Waals surface area contributed by atoms with Gasteiger partial charge >= 0.3 is 0 Å². The van der Waals surface area contributed by atoms with Gasteiger partial charge in [0.1, 0.15) is 0 Å². The van der Waals surface area contributed by atoms with E-state index < -0.39 is 16.1 Å². The van der Waals surface area contributed by atoms with Gasteiger partial charge in [-0.05, 0) is 40.4 Å². The van der Waals surface area contributed by atoms with Gasteiger partial charge in [-0.1, -0.05) is 44.2 Å². The number of sulfonamides is 1. The van der Waals surface area contributed by atoms with Gasteiger partial charge < -0.3 is 5.11 Å². The molecule has 0 saturated carbocycles. The Morgan fingerprint density at radius 2 is 1.76 bits per heavy atom. The molecule has 25 heavy (non-hydrogen) atoms. The Hall–Kier alpha value is -1.73. The molecule has 1 atom stereocenters. The number of aliphatic hydroxyl groups is 1. The fourth-order valence-corrected chi connectivity index (χ4v) is 4.72. The number of aliphatic hydroxyl groups excluding tert-OH is 1. The largest absolute Gasteiger partial charge is 0.387 e. The minimum Gasteiger partial charge on any atom is -0.387 e. The zero-order valence-corrected chi connectivity index (χ0v) is 15.8. The maximum absolute atomic E-state index is 12.4. The molecule has 6 heteroatoms. The Labute approximate surface area is 152 Å². The smallest absolute Gasteiger partial charge is 0.240 e. The third-order valence-corrected chi connectivity index (χ3v) is 6.61. The normalized spacial score (nSPS) is 13.4. The fourth-order valence-electron chi connectivity index (χ4n) is 2.67. The van der Waals surface area contributed by atoms with Crippen LogP contribution in [0, 0.1) is 0 Å². The van der Waals surface area contributed by atoms with Gasteiger partial charge in [0, 0.05) is 16.8 Å². The molecular weight excluding hydrogens is 354 g/mol. The molecule has 1 heterocycles. The molecular formula is C19H21NO3S2. The van der Waals surface area contributed by atoms with Gasteiger partial charge in [0.15, 0.2) is 0 Å². The lowest BCUT2D eigenvalue weighted by Crippen LogP contribution is -2.28. The Balaban J connectivity index is 1.73. The fraction of sp³-hybridized carbons (Fsp3) is 0.263. The molecule has 132 valence electrons. The number of hydrogen-bond donors (Lipinski definition) is 2. The average molecular weight is 376 g/mol. The summed E-state index contributed by atoms with van der Waals surface area (Å²) in [4.78, 5) is 0.208. The molecule has 0 aliphatic carbocycles. The Morgan fingerprint density at radius 3 is 2.44 bits per heavy atom. The van der Waals surface area contributed by atoms with Crippen LogP contribution >= 0.6 is 11.3 Å². The summed E-state index contributed by atoms with van der Waals surface area (Å²) in [6.45, 7) is 4.06. The molecule has 0 spiro atoms. The van der Waals surface area contributed by atoms with Crippen LogP contribution in [0.5, 0.6) is 0 Å². The highest BCUT2D eigenvalue weighted by atomic mass is 32.2. The predicted molar refractivity (Wildman–Crippen MR) is 103 cm³/mol. The van der Waals surface area contributed by atoms with Crippen LogP contribution in [0.3, 0.4) is 0 Å². The molecule has 0 aliphatic rings. The highest BCUT2D eigenvalue weighted by molar-refractivity contribution is 7.89.